The highest BCUT2D eigenvalue weighted by molar-refractivity contribution is 7.14. The van der Waals surface area contributed by atoms with Crippen molar-refractivity contribution in [1.82, 2.24) is 9.88 Å². The van der Waals surface area contributed by atoms with Crippen molar-refractivity contribution in [2.45, 2.75) is 19.4 Å². The molecule has 0 aliphatic rings. The molecule has 0 fully saturated rings. The third-order valence-corrected chi connectivity index (χ3v) is 5.27. The van der Waals surface area contributed by atoms with Crippen LogP contribution in [0.1, 0.15) is 34.6 Å². The van der Waals surface area contributed by atoms with Crippen LogP contribution in [-0.2, 0) is 11.2 Å². The first-order valence-corrected chi connectivity index (χ1v) is 9.64. The van der Waals surface area contributed by atoms with E-state index in [4.69, 9.17) is 0 Å². The number of carbonyl (C=O) groups excluding carboxylic acids is 2. The molecule has 0 bridgehead atoms. The molecule has 1 N–H and O–H groups in total. The number of aromatic nitrogens is 1. The molecular weight excluding hydrogens is 377 g/mol. The number of carbonyl (C=O) groups is 2. The van der Waals surface area contributed by atoms with Gasteiger partial charge >= 0.3 is 0 Å². The summed E-state index contributed by atoms with van der Waals surface area (Å²) in [7, 11) is 1.71. The lowest BCUT2D eigenvalue weighted by Gasteiger charge is -2.25. The van der Waals surface area contributed by atoms with Crippen LogP contribution in [0.15, 0.2) is 60.0 Å². The Morgan fingerprint density at radius 3 is 2.50 bits per heavy atom. The molecule has 1 aromatic heterocycles. The first kappa shape index (κ1) is 19.7. The highest BCUT2D eigenvalue weighted by atomic mass is 32.1. The number of nitrogens with one attached hydrogen (secondary N) is 1. The number of benzene rings is 2. The monoisotopic (exact) mass is 397 g/mol. The van der Waals surface area contributed by atoms with Crippen molar-refractivity contribution in [1.29, 1.82) is 0 Å². The maximum atomic E-state index is 13.1. The van der Waals surface area contributed by atoms with Crippen LogP contribution < -0.4 is 5.32 Å². The van der Waals surface area contributed by atoms with Crippen molar-refractivity contribution in [2.75, 3.05) is 12.4 Å². The van der Waals surface area contributed by atoms with Gasteiger partial charge in [0, 0.05) is 18.0 Å². The van der Waals surface area contributed by atoms with Crippen molar-refractivity contribution in [3.63, 3.8) is 0 Å². The van der Waals surface area contributed by atoms with Gasteiger partial charge in [-0.15, -0.1) is 11.3 Å². The van der Waals surface area contributed by atoms with Gasteiger partial charge in [0.25, 0.3) is 5.91 Å². The Kier molecular flexibility index (Phi) is 6.16. The number of hydrogen-bond donors (Lipinski definition) is 1. The van der Waals surface area contributed by atoms with Gasteiger partial charge in [-0.25, -0.2) is 9.37 Å². The summed E-state index contributed by atoms with van der Waals surface area (Å²) in [6, 6.07) is 14.8. The number of rotatable bonds is 6. The summed E-state index contributed by atoms with van der Waals surface area (Å²) in [5.74, 6) is -0.657. The van der Waals surface area contributed by atoms with E-state index in [9.17, 15) is 14.0 Å². The Morgan fingerprint density at radius 2 is 1.82 bits per heavy atom. The summed E-state index contributed by atoms with van der Waals surface area (Å²) in [5, 5.41) is 4.95. The number of nitrogens with zero attached hydrogens (tertiary/aromatic N) is 2. The van der Waals surface area contributed by atoms with Crippen molar-refractivity contribution >= 4 is 28.3 Å². The lowest BCUT2D eigenvalue weighted by molar-refractivity contribution is -0.131. The molecule has 2 aromatic carbocycles. The van der Waals surface area contributed by atoms with Crippen LogP contribution >= 0.6 is 11.3 Å². The fourth-order valence-corrected chi connectivity index (χ4v) is 3.37. The fraction of sp³-hybridized carbons (Fsp3) is 0.190. The lowest BCUT2D eigenvalue weighted by atomic mass is 10.1. The SMILES string of the molecule is C[C@@H](c1ccc(F)cc1)N(C)C(=O)Cc1csc(NC(=O)c2ccccc2)n1. The molecule has 7 heteroatoms. The summed E-state index contributed by atoms with van der Waals surface area (Å²) < 4.78 is 13.1. The van der Waals surface area contributed by atoms with Gasteiger partial charge < -0.3 is 4.90 Å². The average molecular weight is 397 g/mol. The van der Waals surface area contributed by atoms with Gasteiger partial charge in [0.05, 0.1) is 18.2 Å². The largest absolute Gasteiger partial charge is 0.339 e. The smallest absolute Gasteiger partial charge is 0.257 e. The Labute approximate surface area is 166 Å². The minimum atomic E-state index is -0.308. The molecule has 0 radical (unpaired) electrons. The van der Waals surface area contributed by atoms with Gasteiger partial charge in [0.2, 0.25) is 5.91 Å². The average Bonchev–Trinajstić information content (AvgIpc) is 3.14. The maximum absolute atomic E-state index is 13.1. The molecule has 0 saturated carbocycles. The molecule has 5 nitrogen and oxygen atoms in total. The maximum Gasteiger partial charge on any atom is 0.257 e. The lowest BCUT2D eigenvalue weighted by Crippen LogP contribution is -2.31. The number of hydrogen-bond acceptors (Lipinski definition) is 4. The van der Waals surface area contributed by atoms with Crippen molar-refractivity contribution in [3.05, 3.63) is 82.6 Å². The van der Waals surface area contributed by atoms with Gasteiger partial charge in [-0.05, 0) is 36.8 Å². The molecule has 0 aliphatic heterocycles. The second kappa shape index (κ2) is 8.75. The van der Waals surface area contributed by atoms with E-state index < -0.39 is 0 Å². The first-order valence-electron chi connectivity index (χ1n) is 8.76. The molecular formula is C21H20FN3O2S. The summed E-state index contributed by atoms with van der Waals surface area (Å²) in [4.78, 5) is 30.7. The molecule has 0 saturated heterocycles. The second-order valence-electron chi connectivity index (χ2n) is 6.37. The molecule has 0 aliphatic carbocycles. The van der Waals surface area contributed by atoms with Crippen LogP contribution in [-0.4, -0.2) is 28.7 Å². The zero-order valence-corrected chi connectivity index (χ0v) is 16.4. The minimum Gasteiger partial charge on any atom is -0.339 e. The zero-order valence-electron chi connectivity index (χ0n) is 15.6. The van der Waals surface area contributed by atoms with Gasteiger partial charge in [0.1, 0.15) is 5.82 Å². The third kappa shape index (κ3) is 4.80. The van der Waals surface area contributed by atoms with E-state index in [0.717, 1.165) is 5.56 Å². The van der Waals surface area contributed by atoms with E-state index in [1.54, 1.807) is 53.7 Å². The zero-order chi connectivity index (χ0) is 20.1. The van der Waals surface area contributed by atoms with Crippen molar-refractivity contribution < 1.29 is 14.0 Å². The topological polar surface area (TPSA) is 62.3 Å². The van der Waals surface area contributed by atoms with Crippen LogP contribution in [0.25, 0.3) is 0 Å². The molecule has 144 valence electrons. The second-order valence-corrected chi connectivity index (χ2v) is 7.23. The summed E-state index contributed by atoms with van der Waals surface area (Å²) in [6.45, 7) is 1.89. The Balaban J connectivity index is 1.60. The predicted octanol–water partition coefficient (Wildman–Crippen LogP) is 4.30. The Bertz CT molecular complexity index is 957. The molecule has 2 amide bonds. The van der Waals surface area contributed by atoms with E-state index >= 15 is 0 Å². The fourth-order valence-electron chi connectivity index (χ4n) is 2.66. The number of halogens is 1. The molecule has 3 rings (SSSR count). The number of thiazole rings is 1. The standard InChI is InChI=1S/C21H20FN3O2S/c1-14(15-8-10-17(22)11-9-15)25(2)19(26)12-18-13-28-21(23-18)24-20(27)16-6-4-3-5-7-16/h3-11,13-14H,12H2,1-2H3,(H,23,24,27)/t14-/m0/s1. The molecule has 28 heavy (non-hydrogen) atoms. The van der Waals surface area contributed by atoms with E-state index in [-0.39, 0.29) is 30.1 Å². The molecule has 0 spiro atoms. The van der Waals surface area contributed by atoms with Gasteiger partial charge in [-0.1, -0.05) is 30.3 Å². The molecule has 3 aromatic rings. The Hall–Kier alpha value is -3.06. The van der Waals surface area contributed by atoms with E-state index in [0.29, 0.717) is 16.4 Å². The predicted molar refractivity (Wildman–Crippen MR) is 108 cm³/mol. The highest BCUT2D eigenvalue weighted by Crippen LogP contribution is 2.21. The summed E-state index contributed by atoms with van der Waals surface area (Å²) in [6.07, 6.45) is 0.125. The highest BCUT2D eigenvalue weighted by Gasteiger charge is 2.19. The number of anilines is 1. The quantitative estimate of drug-likeness (QED) is 0.675. The van der Waals surface area contributed by atoms with Crippen LogP contribution in [0.3, 0.4) is 0 Å². The molecule has 1 atom stereocenters. The normalized spacial score (nSPS) is 11.7. The van der Waals surface area contributed by atoms with Crippen LogP contribution in [0, 0.1) is 5.82 Å². The summed E-state index contributed by atoms with van der Waals surface area (Å²) >= 11 is 1.28. The van der Waals surface area contributed by atoms with E-state index in [2.05, 4.69) is 10.3 Å². The third-order valence-electron chi connectivity index (χ3n) is 4.47. The molecule has 0 unspecified atom stereocenters. The van der Waals surface area contributed by atoms with E-state index in [1.165, 1.54) is 23.5 Å². The first-order chi connectivity index (χ1) is 13.4. The molecule has 1 heterocycles. The minimum absolute atomic E-state index is 0.108. The summed E-state index contributed by atoms with van der Waals surface area (Å²) in [5.41, 5.74) is 1.99. The van der Waals surface area contributed by atoms with Crippen LogP contribution in [0.4, 0.5) is 9.52 Å². The van der Waals surface area contributed by atoms with Crippen molar-refractivity contribution in [2.24, 2.45) is 0 Å². The van der Waals surface area contributed by atoms with Gasteiger partial charge in [0.15, 0.2) is 5.13 Å². The number of amides is 2. The van der Waals surface area contributed by atoms with Gasteiger partial charge in [-0.2, -0.15) is 0 Å². The van der Waals surface area contributed by atoms with Crippen LogP contribution in [0.2, 0.25) is 0 Å². The number of likely N-dealkylation sites (N-methyl/N-ethyl adjacent to an activating group) is 1. The van der Waals surface area contributed by atoms with E-state index in [1.807, 2.05) is 13.0 Å². The van der Waals surface area contributed by atoms with Crippen molar-refractivity contribution in [3.8, 4) is 0 Å². The Morgan fingerprint density at radius 1 is 1.14 bits per heavy atom. The van der Waals surface area contributed by atoms with Crippen LogP contribution in [0.5, 0.6) is 0 Å². The van der Waals surface area contributed by atoms with Gasteiger partial charge in [-0.3, -0.25) is 14.9 Å².